The Bertz CT molecular complexity index is 1060. The van der Waals surface area contributed by atoms with E-state index in [-0.39, 0.29) is 29.8 Å². The summed E-state index contributed by atoms with van der Waals surface area (Å²) in [7, 11) is 1.47. The molecular weight excluding hydrogens is 413 g/mol. The lowest BCUT2D eigenvalue weighted by Gasteiger charge is -2.36. The van der Waals surface area contributed by atoms with Crippen LogP contribution in [-0.2, 0) is 5.75 Å². The molecule has 8 heteroatoms. The summed E-state index contributed by atoms with van der Waals surface area (Å²) in [5.74, 6) is 0.559. The van der Waals surface area contributed by atoms with Gasteiger partial charge in [-0.3, -0.25) is 5.43 Å². The molecule has 0 aliphatic carbocycles. The van der Waals surface area contributed by atoms with E-state index < -0.39 is 0 Å². The summed E-state index contributed by atoms with van der Waals surface area (Å²) in [5, 5.41) is 7.65. The van der Waals surface area contributed by atoms with Crippen LogP contribution in [0.3, 0.4) is 0 Å². The van der Waals surface area contributed by atoms with Crippen molar-refractivity contribution in [1.29, 1.82) is 0 Å². The van der Waals surface area contributed by atoms with Crippen molar-refractivity contribution < 1.29 is 9.13 Å². The van der Waals surface area contributed by atoms with E-state index in [1.165, 1.54) is 29.9 Å². The second-order valence-corrected chi connectivity index (χ2v) is 9.11. The Balaban J connectivity index is 1.24. The van der Waals surface area contributed by atoms with Crippen LogP contribution in [0.2, 0.25) is 0 Å². The summed E-state index contributed by atoms with van der Waals surface area (Å²) in [6.07, 6.45) is 5.19. The molecule has 2 aromatic carbocycles. The molecule has 1 fully saturated rings. The zero-order valence-electron chi connectivity index (χ0n) is 17.8. The van der Waals surface area contributed by atoms with Crippen LogP contribution >= 0.6 is 11.8 Å². The van der Waals surface area contributed by atoms with Crippen LogP contribution in [0.4, 0.5) is 4.39 Å². The number of rotatable bonds is 4. The molecule has 3 aliphatic heterocycles. The molecule has 162 valence electrons. The Labute approximate surface area is 186 Å². The number of benzene rings is 2. The number of nitrogens with zero attached hydrogens (tertiary/aromatic N) is 3. The number of aryl methyl sites for hydroxylation is 2. The SMILES string of the molecule is COc1ccc(CSC2=NNC3C4CC(c5ccc(C)c(C)c5)NN4C=CN23)cc1F. The summed E-state index contributed by atoms with van der Waals surface area (Å²) in [4.78, 5) is 2.18. The fourth-order valence-corrected chi connectivity index (χ4v) is 5.21. The Kier molecular flexibility index (Phi) is 5.27. The average molecular weight is 440 g/mol. The maximum absolute atomic E-state index is 14.0. The van der Waals surface area contributed by atoms with Gasteiger partial charge in [0, 0.05) is 18.2 Å². The molecule has 2 aromatic rings. The van der Waals surface area contributed by atoms with Gasteiger partial charge in [-0.15, -0.1) is 0 Å². The van der Waals surface area contributed by atoms with Gasteiger partial charge in [0.25, 0.3) is 0 Å². The molecule has 0 saturated carbocycles. The lowest BCUT2D eigenvalue weighted by Crippen LogP contribution is -2.54. The predicted molar refractivity (Wildman–Crippen MR) is 122 cm³/mol. The van der Waals surface area contributed by atoms with Crippen LogP contribution in [0, 0.1) is 19.7 Å². The Hall–Kier alpha value is -2.71. The number of hydrazine groups is 1. The van der Waals surface area contributed by atoms with Crippen molar-refractivity contribution >= 4 is 16.9 Å². The quantitative estimate of drug-likeness (QED) is 0.751. The van der Waals surface area contributed by atoms with Crippen molar-refractivity contribution in [2.45, 2.75) is 44.3 Å². The standard InChI is InChI=1S/C23H26FN5OS/c1-14-4-6-17(10-15(14)2)19-12-20-22-25-26-23(28(22)8-9-29(20)27-19)31-13-16-5-7-21(30-3)18(24)11-16/h4-11,19-20,22,25,27H,12-13H2,1-3H3. The molecule has 1 saturated heterocycles. The fraction of sp³-hybridized carbons (Fsp3) is 0.348. The van der Waals surface area contributed by atoms with E-state index in [1.807, 2.05) is 6.07 Å². The summed E-state index contributed by atoms with van der Waals surface area (Å²) in [6.45, 7) is 4.30. The topological polar surface area (TPSA) is 52.1 Å². The van der Waals surface area contributed by atoms with Crippen molar-refractivity contribution in [2.75, 3.05) is 7.11 Å². The van der Waals surface area contributed by atoms with Gasteiger partial charge in [0.2, 0.25) is 0 Å². The maximum atomic E-state index is 14.0. The molecule has 0 bridgehead atoms. The van der Waals surface area contributed by atoms with Crippen molar-refractivity contribution in [3.05, 3.63) is 76.9 Å². The minimum absolute atomic E-state index is 0.0733. The highest BCUT2D eigenvalue weighted by molar-refractivity contribution is 8.13. The van der Waals surface area contributed by atoms with Gasteiger partial charge in [0.1, 0.15) is 6.17 Å². The molecular formula is C23H26FN5OS. The zero-order valence-corrected chi connectivity index (χ0v) is 18.6. The Morgan fingerprint density at radius 3 is 2.81 bits per heavy atom. The summed E-state index contributed by atoms with van der Waals surface area (Å²) < 4.78 is 19.0. The first-order chi connectivity index (χ1) is 15.0. The number of nitrogens with one attached hydrogen (secondary N) is 2. The van der Waals surface area contributed by atoms with Crippen molar-refractivity contribution in [2.24, 2.45) is 5.10 Å². The largest absolute Gasteiger partial charge is 0.494 e. The van der Waals surface area contributed by atoms with Crippen LogP contribution in [0.1, 0.15) is 34.7 Å². The lowest BCUT2D eigenvalue weighted by molar-refractivity contribution is 0.152. The highest BCUT2D eigenvalue weighted by Crippen LogP contribution is 2.36. The van der Waals surface area contributed by atoms with Crippen LogP contribution < -0.4 is 15.6 Å². The van der Waals surface area contributed by atoms with E-state index in [0.29, 0.717) is 5.75 Å². The van der Waals surface area contributed by atoms with Crippen molar-refractivity contribution in [1.82, 2.24) is 20.8 Å². The third-order valence-corrected chi connectivity index (χ3v) is 7.26. The number of hydrogen-bond acceptors (Lipinski definition) is 7. The number of fused-ring (bicyclic) bond motifs is 3. The molecule has 6 nitrogen and oxygen atoms in total. The van der Waals surface area contributed by atoms with E-state index in [9.17, 15) is 4.39 Å². The first-order valence-corrected chi connectivity index (χ1v) is 11.4. The van der Waals surface area contributed by atoms with E-state index >= 15 is 0 Å². The molecule has 3 heterocycles. The molecule has 0 amide bonds. The van der Waals surface area contributed by atoms with Crippen LogP contribution in [0.15, 0.2) is 53.9 Å². The van der Waals surface area contributed by atoms with Crippen LogP contribution in [0.5, 0.6) is 5.75 Å². The summed E-state index contributed by atoms with van der Waals surface area (Å²) >= 11 is 1.60. The number of amidine groups is 1. The zero-order chi connectivity index (χ0) is 21.5. The third-order valence-electron chi connectivity index (χ3n) is 6.22. The molecule has 0 spiro atoms. The van der Waals surface area contributed by atoms with Gasteiger partial charge in [-0.05, 0) is 54.7 Å². The maximum Gasteiger partial charge on any atom is 0.189 e. The fourth-order valence-electron chi connectivity index (χ4n) is 4.30. The second kappa shape index (κ2) is 8.09. The molecule has 3 atom stereocenters. The highest BCUT2D eigenvalue weighted by atomic mass is 32.2. The van der Waals surface area contributed by atoms with Gasteiger partial charge >= 0.3 is 0 Å². The Morgan fingerprint density at radius 1 is 1.16 bits per heavy atom. The lowest BCUT2D eigenvalue weighted by atomic mass is 9.97. The van der Waals surface area contributed by atoms with Crippen molar-refractivity contribution in [3.63, 3.8) is 0 Å². The van der Waals surface area contributed by atoms with Gasteiger partial charge in [0.05, 0.1) is 19.2 Å². The third kappa shape index (κ3) is 3.74. The number of thioether (sulfide) groups is 1. The molecule has 5 rings (SSSR count). The van der Waals surface area contributed by atoms with Crippen LogP contribution in [-0.4, -0.2) is 34.4 Å². The molecule has 31 heavy (non-hydrogen) atoms. The smallest absolute Gasteiger partial charge is 0.189 e. The number of hydrogen-bond donors (Lipinski definition) is 2. The predicted octanol–water partition coefficient (Wildman–Crippen LogP) is 3.99. The molecule has 3 aliphatic rings. The van der Waals surface area contributed by atoms with Gasteiger partial charge in [0.15, 0.2) is 16.7 Å². The van der Waals surface area contributed by atoms with Crippen LogP contribution in [0.25, 0.3) is 0 Å². The summed E-state index contributed by atoms with van der Waals surface area (Å²) in [6, 6.07) is 12.3. The molecule has 3 unspecified atom stereocenters. The summed E-state index contributed by atoms with van der Waals surface area (Å²) in [5.41, 5.74) is 11.8. The molecule has 0 aromatic heterocycles. The minimum atomic E-state index is -0.340. The first kappa shape index (κ1) is 20.2. The molecule has 2 N–H and O–H groups in total. The number of ether oxygens (including phenoxy) is 1. The van der Waals surface area contributed by atoms with Gasteiger partial charge in [-0.25, -0.2) is 9.82 Å². The monoisotopic (exact) mass is 439 g/mol. The van der Waals surface area contributed by atoms with E-state index in [4.69, 9.17) is 4.74 Å². The average Bonchev–Trinajstić information content (AvgIpc) is 3.38. The first-order valence-electron chi connectivity index (χ1n) is 10.4. The van der Waals surface area contributed by atoms with E-state index in [1.54, 1.807) is 17.8 Å². The molecule has 0 radical (unpaired) electrons. The van der Waals surface area contributed by atoms with E-state index in [2.05, 4.69) is 70.3 Å². The van der Waals surface area contributed by atoms with Gasteiger partial charge in [-0.1, -0.05) is 36.0 Å². The number of hydrazone groups is 1. The highest BCUT2D eigenvalue weighted by Gasteiger charge is 2.44. The van der Waals surface area contributed by atoms with Crippen molar-refractivity contribution in [3.8, 4) is 5.75 Å². The number of methoxy groups -OCH3 is 1. The minimum Gasteiger partial charge on any atom is -0.494 e. The Morgan fingerprint density at radius 2 is 2.03 bits per heavy atom. The van der Waals surface area contributed by atoms with Gasteiger partial charge in [-0.2, -0.15) is 5.10 Å². The van der Waals surface area contributed by atoms with Gasteiger partial charge < -0.3 is 14.6 Å². The second-order valence-electron chi connectivity index (χ2n) is 8.17. The normalized spacial score (nSPS) is 24.0. The van der Waals surface area contributed by atoms with E-state index in [0.717, 1.165) is 17.2 Å². The number of halogens is 1.